The van der Waals surface area contributed by atoms with Crippen LogP contribution in [0.3, 0.4) is 0 Å². The van der Waals surface area contributed by atoms with Crippen molar-refractivity contribution >= 4 is 34.6 Å². The van der Waals surface area contributed by atoms with Gasteiger partial charge < -0.3 is 24.0 Å². The summed E-state index contributed by atoms with van der Waals surface area (Å²) in [7, 11) is 3.97. The van der Waals surface area contributed by atoms with Crippen LogP contribution in [0.15, 0.2) is 87.7 Å². The molecule has 1 fully saturated rings. The van der Waals surface area contributed by atoms with Gasteiger partial charge in [-0.05, 0) is 140 Å². The summed E-state index contributed by atoms with van der Waals surface area (Å²) in [5.41, 5.74) is 5.87. The molecule has 1 aromatic carbocycles. The van der Waals surface area contributed by atoms with Crippen molar-refractivity contribution in [1.82, 2.24) is 9.88 Å². The third-order valence-corrected chi connectivity index (χ3v) is 11.8. The molecule has 0 aliphatic carbocycles. The van der Waals surface area contributed by atoms with Crippen LogP contribution in [0, 0.1) is 0 Å². The number of ketones is 1. The normalized spacial score (nSPS) is 24.6. The second-order valence-electron chi connectivity index (χ2n) is 16.0. The molecule has 8 nitrogen and oxygen atoms in total. The van der Waals surface area contributed by atoms with Crippen molar-refractivity contribution in [3.63, 3.8) is 0 Å². The molecule has 9 heteroatoms. The molecule has 3 aliphatic rings. The number of thioether (sulfide) groups is 1. The highest BCUT2D eigenvalue weighted by atomic mass is 32.2. The smallest absolute Gasteiger partial charge is 0.225 e. The third-order valence-electron chi connectivity index (χ3n) is 10.5. The Kier molecular flexibility index (Phi) is 14.4. The molecule has 0 radical (unpaired) electrons. The van der Waals surface area contributed by atoms with Gasteiger partial charge in [0.15, 0.2) is 5.78 Å². The van der Waals surface area contributed by atoms with Gasteiger partial charge in [-0.15, -0.1) is 0 Å². The largest absolute Gasteiger partial charge is 0.493 e. The quantitative estimate of drug-likeness (QED) is 0.298. The van der Waals surface area contributed by atoms with Crippen LogP contribution in [0.25, 0.3) is 5.57 Å². The summed E-state index contributed by atoms with van der Waals surface area (Å²) in [5.74, 6) is 2.74. The monoisotopic (exact) mass is 766 g/mol. The Hall–Kier alpha value is -3.92. The lowest BCUT2D eigenvalue weighted by Gasteiger charge is -2.33. The van der Waals surface area contributed by atoms with E-state index in [0.29, 0.717) is 18.4 Å². The molecular formula is C46H62N4O4S. The maximum absolute atomic E-state index is 13.4. The fourth-order valence-electron chi connectivity index (χ4n) is 7.45. The lowest BCUT2D eigenvalue weighted by Crippen LogP contribution is -2.44. The highest BCUT2D eigenvalue weighted by molar-refractivity contribution is 8.07. The molecule has 4 heterocycles. The minimum atomic E-state index is -0.807. The van der Waals surface area contributed by atoms with Crippen molar-refractivity contribution in [2.75, 3.05) is 51.8 Å². The molecule has 0 spiro atoms. The molecule has 0 saturated carbocycles. The Morgan fingerprint density at radius 1 is 1.11 bits per heavy atom. The van der Waals surface area contributed by atoms with Crippen LogP contribution in [-0.4, -0.2) is 86.1 Å². The predicted molar refractivity (Wildman–Crippen MR) is 231 cm³/mol. The Morgan fingerprint density at radius 2 is 1.84 bits per heavy atom. The zero-order chi connectivity index (χ0) is 39.9. The number of pyridine rings is 1. The fourth-order valence-corrected chi connectivity index (χ4v) is 8.39. The van der Waals surface area contributed by atoms with Crippen molar-refractivity contribution in [3.05, 3.63) is 99.4 Å². The Bertz CT molecular complexity index is 1860. The van der Waals surface area contributed by atoms with E-state index >= 15 is 0 Å². The number of hydrogen-bond acceptors (Lipinski definition) is 9. The van der Waals surface area contributed by atoms with Crippen molar-refractivity contribution < 1.29 is 19.0 Å². The highest BCUT2D eigenvalue weighted by Gasteiger charge is 2.31. The highest BCUT2D eigenvalue weighted by Crippen LogP contribution is 2.45. The molecule has 0 N–H and O–H groups in total. The number of aromatic nitrogens is 1. The average molecular weight is 767 g/mol. The molecule has 1 saturated heterocycles. The van der Waals surface area contributed by atoms with Crippen LogP contribution in [0.1, 0.15) is 103 Å². The molecule has 0 amide bonds. The maximum atomic E-state index is 13.4. The molecule has 1 unspecified atom stereocenters. The number of rotatable bonds is 5. The number of ether oxygens (including phenoxy) is 3. The van der Waals surface area contributed by atoms with Gasteiger partial charge in [-0.2, -0.15) is 4.98 Å². The number of Topliss-reactive ketones (excluding diaryl/α,β-unsaturated/α-hetero) is 1. The summed E-state index contributed by atoms with van der Waals surface area (Å²) in [6, 6.07) is 10.7. The van der Waals surface area contributed by atoms with Gasteiger partial charge in [0, 0.05) is 48.6 Å². The molecule has 5 rings (SSSR count). The summed E-state index contributed by atoms with van der Waals surface area (Å²) in [6.45, 7) is 27.1. The van der Waals surface area contributed by atoms with Gasteiger partial charge in [-0.1, -0.05) is 49.6 Å². The van der Waals surface area contributed by atoms with Crippen molar-refractivity contribution in [1.29, 1.82) is 0 Å². The van der Waals surface area contributed by atoms with Crippen LogP contribution >= 0.6 is 11.8 Å². The first kappa shape index (κ1) is 42.2. The fraction of sp³-hybridized carbons (Fsp3) is 0.500. The van der Waals surface area contributed by atoms with Gasteiger partial charge in [0.1, 0.15) is 17.7 Å². The van der Waals surface area contributed by atoms with Crippen LogP contribution in [0.2, 0.25) is 0 Å². The van der Waals surface area contributed by atoms with E-state index in [1.807, 2.05) is 34.7 Å². The first-order chi connectivity index (χ1) is 26.2. The number of fused-ring (bicyclic) bond motifs is 2. The van der Waals surface area contributed by atoms with Crippen molar-refractivity contribution in [2.45, 2.75) is 104 Å². The second-order valence-corrected chi connectivity index (χ2v) is 17.1. The zero-order valence-electron chi connectivity index (χ0n) is 34.7. The molecule has 1 aromatic heterocycles. The van der Waals surface area contributed by atoms with Crippen LogP contribution in [0.5, 0.6) is 11.6 Å². The summed E-state index contributed by atoms with van der Waals surface area (Å²) in [4.78, 5) is 29.8. The lowest BCUT2D eigenvalue weighted by molar-refractivity contribution is -0.133. The number of anilines is 1. The van der Waals surface area contributed by atoms with Gasteiger partial charge in [-0.3, -0.25) is 9.79 Å². The van der Waals surface area contributed by atoms with Crippen molar-refractivity contribution in [2.24, 2.45) is 4.99 Å². The van der Waals surface area contributed by atoms with E-state index in [1.165, 1.54) is 5.56 Å². The molecule has 296 valence electrons. The summed E-state index contributed by atoms with van der Waals surface area (Å²) in [5, 5.41) is 0. The number of allylic oxidation sites excluding steroid dienone is 4. The summed E-state index contributed by atoms with van der Waals surface area (Å²) in [6.07, 6.45) is 10.1. The van der Waals surface area contributed by atoms with E-state index in [2.05, 4.69) is 86.3 Å². The van der Waals surface area contributed by atoms with Crippen LogP contribution in [-0.2, 0) is 9.53 Å². The van der Waals surface area contributed by atoms with Gasteiger partial charge in [0.25, 0.3) is 0 Å². The van der Waals surface area contributed by atoms with Crippen molar-refractivity contribution in [3.8, 4) is 11.6 Å². The van der Waals surface area contributed by atoms with E-state index < -0.39 is 11.7 Å². The van der Waals surface area contributed by atoms with Gasteiger partial charge in [0.05, 0.1) is 29.6 Å². The standard InChI is InChI=1S/C46H62N4O4S/c1-12-36(44(32(5)51)54-46(7,8)9)43-35-18-20-40-38(29-35)34(22-27-52-40)17-15-14-16-31(4)53-45-37(19-21-42(48-45)50-25-23-49(11)24-26-50)39(47-10)28-30(3)33(6)55-41(43)13-2/h12-13,18-21,28-29,31,34,44H,1,6,14-17,22-27H2,2-5,7-11H3/b30-28+,41-13-,43-36+,47-39?/t31-,34?,44+/m0/s1. The molecule has 3 aliphatic heterocycles. The molecule has 55 heavy (non-hydrogen) atoms. The summed E-state index contributed by atoms with van der Waals surface area (Å²) < 4.78 is 19.4. The van der Waals surface area contributed by atoms with E-state index in [9.17, 15) is 4.79 Å². The third kappa shape index (κ3) is 10.7. The number of benzene rings is 1. The van der Waals surface area contributed by atoms with Crippen LogP contribution < -0.4 is 14.4 Å². The number of carbonyl (C=O) groups excluding carboxylic acids is 1. The molecular weight excluding hydrogens is 705 g/mol. The number of nitrogens with zero attached hydrogens (tertiary/aromatic N) is 4. The molecule has 2 bridgehead atoms. The Balaban J connectivity index is 1.64. The maximum Gasteiger partial charge on any atom is 0.225 e. The SMILES string of the molecule is C=C/C(=C1\C(=C\C)SC(=C)/C(C)=C/C(=NC)c2ccc(N3CCN(C)CC3)nc2O[C@@H](C)CCCCC2CCOc3ccc1cc32)[C@H](OC(C)(C)C)C(C)=O. The average Bonchev–Trinajstić information content (AvgIpc) is 3.15. The minimum Gasteiger partial charge on any atom is -0.493 e. The van der Waals surface area contributed by atoms with E-state index in [0.717, 1.165) is 113 Å². The first-order valence-electron chi connectivity index (χ1n) is 19.8. The van der Waals surface area contributed by atoms with Gasteiger partial charge >= 0.3 is 0 Å². The van der Waals surface area contributed by atoms with Gasteiger partial charge in [0.2, 0.25) is 5.88 Å². The first-order valence-corrected chi connectivity index (χ1v) is 20.7. The zero-order valence-corrected chi connectivity index (χ0v) is 35.5. The van der Waals surface area contributed by atoms with E-state index in [-0.39, 0.29) is 11.9 Å². The Morgan fingerprint density at radius 3 is 2.49 bits per heavy atom. The number of likely N-dealkylation sites (N-methyl/N-ethyl adjacent to an activating group) is 1. The topological polar surface area (TPSA) is 76.5 Å². The number of aliphatic imine (C=N–C) groups is 1. The Labute approximate surface area is 334 Å². The summed E-state index contributed by atoms with van der Waals surface area (Å²) >= 11 is 1.57. The number of piperazine rings is 1. The number of hydrogen-bond donors (Lipinski definition) is 0. The van der Waals surface area contributed by atoms with Crippen LogP contribution in [0.4, 0.5) is 5.82 Å². The van der Waals surface area contributed by atoms with E-state index in [1.54, 1.807) is 24.8 Å². The second kappa shape index (κ2) is 18.8. The van der Waals surface area contributed by atoms with Gasteiger partial charge in [-0.25, -0.2) is 0 Å². The lowest BCUT2D eigenvalue weighted by atomic mass is 9.85. The minimum absolute atomic E-state index is 0.0230. The predicted octanol–water partition coefficient (Wildman–Crippen LogP) is 9.97. The molecule has 3 atom stereocenters. The van der Waals surface area contributed by atoms with E-state index in [4.69, 9.17) is 24.2 Å². The number of carbonyl (C=O) groups is 1. The molecule has 2 aromatic rings.